The zero-order valence-corrected chi connectivity index (χ0v) is 7.18. The summed E-state index contributed by atoms with van der Waals surface area (Å²) in [6.07, 6.45) is 2.12. The van der Waals surface area contributed by atoms with Crippen LogP contribution in [0.4, 0.5) is 0 Å². The van der Waals surface area contributed by atoms with Crippen LogP contribution in [-0.2, 0) is 7.05 Å². The van der Waals surface area contributed by atoms with Gasteiger partial charge in [-0.25, -0.2) is 0 Å². The molecule has 1 rings (SSSR count). The Morgan fingerprint density at radius 2 is 2.00 bits per heavy atom. The summed E-state index contributed by atoms with van der Waals surface area (Å²) in [6.45, 7) is 6.61. The second-order valence-corrected chi connectivity index (χ2v) is 3.15. The van der Waals surface area contributed by atoms with Gasteiger partial charge in [0, 0.05) is 18.9 Å². The summed E-state index contributed by atoms with van der Waals surface area (Å²) in [5, 5.41) is 0. The van der Waals surface area contributed by atoms with Crippen molar-refractivity contribution in [2.24, 2.45) is 7.05 Å². The molecular formula is C9H15N. The van der Waals surface area contributed by atoms with E-state index in [1.54, 1.807) is 0 Å². The van der Waals surface area contributed by atoms with E-state index in [1.807, 2.05) is 0 Å². The molecule has 1 aromatic rings. The van der Waals surface area contributed by atoms with Crippen molar-refractivity contribution < 1.29 is 0 Å². The average molecular weight is 137 g/mol. The van der Waals surface area contributed by atoms with Crippen LogP contribution in [0, 0.1) is 6.92 Å². The van der Waals surface area contributed by atoms with Crippen LogP contribution in [0.5, 0.6) is 0 Å². The first-order valence-corrected chi connectivity index (χ1v) is 3.74. The summed E-state index contributed by atoms with van der Waals surface area (Å²) in [6, 6.07) is 2.16. The van der Waals surface area contributed by atoms with Gasteiger partial charge in [-0.2, -0.15) is 0 Å². The summed E-state index contributed by atoms with van der Waals surface area (Å²) < 4.78 is 2.19. The summed E-state index contributed by atoms with van der Waals surface area (Å²) in [5.41, 5.74) is 2.84. The van der Waals surface area contributed by atoms with Gasteiger partial charge in [0.05, 0.1) is 0 Å². The Kier molecular flexibility index (Phi) is 1.84. The molecule has 0 aliphatic heterocycles. The summed E-state index contributed by atoms with van der Waals surface area (Å²) in [7, 11) is 2.10. The molecule has 1 nitrogen and oxygen atoms in total. The lowest BCUT2D eigenvalue weighted by Gasteiger charge is -2.07. The number of hydrogen-bond donors (Lipinski definition) is 0. The topological polar surface area (TPSA) is 4.93 Å². The zero-order chi connectivity index (χ0) is 7.72. The minimum absolute atomic E-state index is 0.639. The van der Waals surface area contributed by atoms with Gasteiger partial charge in [-0.05, 0) is 24.5 Å². The molecular weight excluding hydrogens is 122 g/mol. The first kappa shape index (κ1) is 7.39. The van der Waals surface area contributed by atoms with Gasteiger partial charge in [-0.1, -0.05) is 13.8 Å². The molecule has 0 bridgehead atoms. The highest BCUT2D eigenvalue weighted by Gasteiger charge is 2.05. The van der Waals surface area contributed by atoms with Crippen molar-refractivity contribution in [1.29, 1.82) is 0 Å². The summed E-state index contributed by atoms with van der Waals surface area (Å²) in [5.74, 6) is 0.639. The summed E-state index contributed by atoms with van der Waals surface area (Å²) in [4.78, 5) is 0. The average Bonchev–Trinajstić information content (AvgIpc) is 2.11. The largest absolute Gasteiger partial charge is 0.354 e. The monoisotopic (exact) mass is 137 g/mol. The molecule has 0 aliphatic rings. The highest BCUT2D eigenvalue weighted by molar-refractivity contribution is 5.22. The molecule has 0 aromatic carbocycles. The molecule has 0 saturated carbocycles. The van der Waals surface area contributed by atoms with Crippen LogP contribution < -0.4 is 0 Å². The maximum absolute atomic E-state index is 2.22. The predicted octanol–water partition coefficient (Wildman–Crippen LogP) is 2.46. The van der Waals surface area contributed by atoms with Crippen molar-refractivity contribution in [3.05, 3.63) is 23.5 Å². The Bertz CT molecular complexity index is 201. The molecule has 0 amide bonds. The van der Waals surface area contributed by atoms with E-state index < -0.39 is 0 Å². The standard InChI is InChI=1S/C9H15N/c1-7(2)9-8(3)5-6-10(9)4/h5-7H,1-4H3. The molecule has 0 fully saturated rings. The number of aryl methyl sites for hydroxylation is 2. The van der Waals surface area contributed by atoms with Gasteiger partial charge >= 0.3 is 0 Å². The minimum Gasteiger partial charge on any atom is -0.354 e. The van der Waals surface area contributed by atoms with Crippen LogP contribution >= 0.6 is 0 Å². The molecule has 1 heterocycles. The number of aromatic nitrogens is 1. The first-order chi connectivity index (χ1) is 4.63. The molecule has 0 aliphatic carbocycles. The molecule has 0 saturated heterocycles. The Morgan fingerprint density at radius 1 is 1.40 bits per heavy atom. The Labute approximate surface area is 62.7 Å². The van der Waals surface area contributed by atoms with E-state index in [0.29, 0.717) is 5.92 Å². The van der Waals surface area contributed by atoms with Crippen LogP contribution in [0.1, 0.15) is 31.0 Å². The maximum atomic E-state index is 2.22. The Balaban J connectivity index is 3.10. The van der Waals surface area contributed by atoms with Gasteiger partial charge in [0.1, 0.15) is 0 Å². The second-order valence-electron chi connectivity index (χ2n) is 3.15. The van der Waals surface area contributed by atoms with Crippen molar-refractivity contribution in [3.8, 4) is 0 Å². The third kappa shape index (κ3) is 1.08. The summed E-state index contributed by atoms with van der Waals surface area (Å²) >= 11 is 0. The molecule has 1 heteroatoms. The van der Waals surface area contributed by atoms with E-state index >= 15 is 0 Å². The first-order valence-electron chi connectivity index (χ1n) is 3.74. The molecule has 56 valence electrons. The van der Waals surface area contributed by atoms with Gasteiger partial charge in [0.25, 0.3) is 0 Å². The third-order valence-corrected chi connectivity index (χ3v) is 1.88. The van der Waals surface area contributed by atoms with Crippen molar-refractivity contribution in [1.82, 2.24) is 4.57 Å². The fourth-order valence-electron chi connectivity index (χ4n) is 1.53. The van der Waals surface area contributed by atoms with Crippen LogP contribution in [0.2, 0.25) is 0 Å². The smallest absolute Gasteiger partial charge is 0.0226 e. The van der Waals surface area contributed by atoms with E-state index in [-0.39, 0.29) is 0 Å². The normalized spacial score (nSPS) is 10.9. The lowest BCUT2D eigenvalue weighted by atomic mass is 10.1. The second kappa shape index (κ2) is 2.49. The molecule has 0 unspecified atom stereocenters. The van der Waals surface area contributed by atoms with E-state index in [0.717, 1.165) is 0 Å². The zero-order valence-electron chi connectivity index (χ0n) is 7.18. The highest BCUT2D eigenvalue weighted by atomic mass is 14.9. The molecule has 0 spiro atoms. The van der Waals surface area contributed by atoms with E-state index in [9.17, 15) is 0 Å². The van der Waals surface area contributed by atoms with Crippen molar-refractivity contribution in [2.75, 3.05) is 0 Å². The quantitative estimate of drug-likeness (QED) is 0.560. The van der Waals surface area contributed by atoms with Crippen LogP contribution in [-0.4, -0.2) is 4.57 Å². The number of nitrogens with zero attached hydrogens (tertiary/aromatic N) is 1. The Morgan fingerprint density at radius 3 is 2.20 bits per heavy atom. The fraction of sp³-hybridized carbons (Fsp3) is 0.556. The third-order valence-electron chi connectivity index (χ3n) is 1.88. The molecule has 1 aromatic heterocycles. The van der Waals surface area contributed by atoms with Crippen LogP contribution in [0.15, 0.2) is 12.3 Å². The van der Waals surface area contributed by atoms with E-state index in [1.165, 1.54) is 11.3 Å². The molecule has 0 N–H and O–H groups in total. The molecule has 10 heavy (non-hydrogen) atoms. The van der Waals surface area contributed by atoms with E-state index in [2.05, 4.69) is 44.6 Å². The van der Waals surface area contributed by atoms with E-state index in [4.69, 9.17) is 0 Å². The number of rotatable bonds is 1. The lowest BCUT2D eigenvalue weighted by molar-refractivity contribution is 0.735. The minimum atomic E-state index is 0.639. The fourth-order valence-corrected chi connectivity index (χ4v) is 1.53. The molecule has 0 atom stereocenters. The van der Waals surface area contributed by atoms with Gasteiger partial charge < -0.3 is 4.57 Å². The van der Waals surface area contributed by atoms with Crippen molar-refractivity contribution in [3.63, 3.8) is 0 Å². The SMILES string of the molecule is Cc1ccn(C)c1C(C)C. The molecule has 0 radical (unpaired) electrons. The van der Waals surface area contributed by atoms with Crippen molar-refractivity contribution >= 4 is 0 Å². The number of hydrogen-bond acceptors (Lipinski definition) is 0. The van der Waals surface area contributed by atoms with Gasteiger partial charge in [0.2, 0.25) is 0 Å². The van der Waals surface area contributed by atoms with Gasteiger partial charge in [-0.3, -0.25) is 0 Å². The lowest BCUT2D eigenvalue weighted by Crippen LogP contribution is -1.98. The maximum Gasteiger partial charge on any atom is 0.0226 e. The van der Waals surface area contributed by atoms with Crippen molar-refractivity contribution in [2.45, 2.75) is 26.7 Å². The predicted molar refractivity (Wildman–Crippen MR) is 44.2 cm³/mol. The van der Waals surface area contributed by atoms with Gasteiger partial charge in [-0.15, -0.1) is 0 Å². The van der Waals surface area contributed by atoms with Gasteiger partial charge in [0.15, 0.2) is 0 Å². The van der Waals surface area contributed by atoms with Crippen LogP contribution in [0.25, 0.3) is 0 Å². The Hall–Kier alpha value is -0.720. The highest BCUT2D eigenvalue weighted by Crippen LogP contribution is 2.18. The van der Waals surface area contributed by atoms with Crippen LogP contribution in [0.3, 0.4) is 0 Å².